The quantitative estimate of drug-likeness (QED) is 0.585. The molecule has 0 saturated carbocycles. The van der Waals surface area contributed by atoms with Crippen molar-refractivity contribution >= 4 is 32.4 Å². The summed E-state index contributed by atoms with van der Waals surface area (Å²) in [4.78, 5) is 17.4. The Kier molecular flexibility index (Phi) is 6.77. The van der Waals surface area contributed by atoms with E-state index in [1.165, 1.54) is 12.8 Å². The number of carbonyl (C=O) groups is 1. The molecule has 3 aromatic carbocycles. The van der Waals surface area contributed by atoms with Gasteiger partial charge in [0.05, 0.1) is 4.90 Å². The normalized spacial score (nSPS) is 15.1. The summed E-state index contributed by atoms with van der Waals surface area (Å²) in [6.45, 7) is 6.39. The average Bonchev–Trinajstić information content (AvgIpc) is 2.82. The molecule has 7 heteroatoms. The van der Waals surface area contributed by atoms with Crippen LogP contribution in [0.15, 0.2) is 71.6 Å². The summed E-state index contributed by atoms with van der Waals surface area (Å²) >= 11 is 0. The zero-order valence-corrected chi connectivity index (χ0v) is 19.1. The number of hydrogen-bond acceptors (Lipinski definition) is 4. The van der Waals surface area contributed by atoms with Gasteiger partial charge in [-0.1, -0.05) is 49.7 Å². The summed E-state index contributed by atoms with van der Waals surface area (Å²) in [5.41, 5.74) is 0.872. The Hall–Kier alpha value is -2.90. The molecule has 0 radical (unpaired) electrons. The number of rotatable bonds is 7. The highest BCUT2D eigenvalue weighted by atomic mass is 32.2. The Morgan fingerprint density at radius 2 is 1.66 bits per heavy atom. The fourth-order valence-electron chi connectivity index (χ4n) is 4.00. The Morgan fingerprint density at radius 3 is 2.41 bits per heavy atom. The minimum Gasteiger partial charge on any atom is -0.336 e. The smallest absolute Gasteiger partial charge is 0.261 e. The van der Waals surface area contributed by atoms with E-state index in [4.69, 9.17) is 0 Å². The van der Waals surface area contributed by atoms with E-state index < -0.39 is 10.0 Å². The molecule has 1 aliphatic rings. The third kappa shape index (κ3) is 5.11. The molecule has 1 N–H and O–H groups in total. The van der Waals surface area contributed by atoms with Gasteiger partial charge in [0.15, 0.2) is 0 Å². The predicted molar refractivity (Wildman–Crippen MR) is 128 cm³/mol. The first-order chi connectivity index (χ1) is 15.5. The number of piperazine rings is 1. The zero-order chi connectivity index (χ0) is 22.6. The summed E-state index contributed by atoms with van der Waals surface area (Å²) in [6, 6.07) is 19.4. The SMILES string of the molecule is CCCCN1CCN(C(=O)c2cccc(NS(=O)(=O)c3ccc4ccccc4c3)c2)CC1. The lowest BCUT2D eigenvalue weighted by Crippen LogP contribution is -2.48. The summed E-state index contributed by atoms with van der Waals surface area (Å²) < 4.78 is 28.5. The third-order valence-electron chi connectivity index (χ3n) is 5.88. The number of unbranched alkanes of at least 4 members (excludes halogenated alkanes) is 1. The van der Waals surface area contributed by atoms with E-state index in [0.717, 1.165) is 30.4 Å². The molecule has 4 rings (SSSR count). The summed E-state index contributed by atoms with van der Waals surface area (Å²) in [7, 11) is -3.77. The maximum Gasteiger partial charge on any atom is 0.261 e. The lowest BCUT2D eigenvalue weighted by molar-refractivity contribution is 0.0636. The summed E-state index contributed by atoms with van der Waals surface area (Å²) in [5.74, 6) is -0.0631. The molecular formula is C25H29N3O3S. The van der Waals surface area contributed by atoms with Gasteiger partial charge in [0.2, 0.25) is 0 Å². The molecule has 0 aliphatic carbocycles. The molecule has 32 heavy (non-hydrogen) atoms. The molecular weight excluding hydrogens is 422 g/mol. The highest BCUT2D eigenvalue weighted by Gasteiger charge is 2.22. The molecule has 1 saturated heterocycles. The van der Waals surface area contributed by atoms with Crippen LogP contribution in [0.25, 0.3) is 10.8 Å². The van der Waals surface area contributed by atoms with Crippen LogP contribution >= 0.6 is 0 Å². The van der Waals surface area contributed by atoms with Crippen LogP contribution in [-0.4, -0.2) is 56.8 Å². The standard InChI is InChI=1S/C25H29N3O3S/c1-2-3-13-27-14-16-28(17-15-27)25(29)22-9-6-10-23(18-22)26-32(30,31)24-12-11-20-7-4-5-8-21(20)19-24/h4-12,18-19,26H,2-3,13-17H2,1H3. The highest BCUT2D eigenvalue weighted by molar-refractivity contribution is 7.92. The molecule has 3 aromatic rings. The summed E-state index contributed by atoms with van der Waals surface area (Å²) in [5, 5.41) is 1.84. The molecule has 0 aromatic heterocycles. The van der Waals surface area contributed by atoms with E-state index in [9.17, 15) is 13.2 Å². The van der Waals surface area contributed by atoms with Crippen molar-refractivity contribution in [2.75, 3.05) is 37.4 Å². The van der Waals surface area contributed by atoms with Gasteiger partial charge < -0.3 is 4.90 Å². The van der Waals surface area contributed by atoms with Crippen molar-refractivity contribution in [3.05, 3.63) is 72.3 Å². The Morgan fingerprint density at radius 1 is 0.906 bits per heavy atom. The number of nitrogens with zero attached hydrogens (tertiary/aromatic N) is 2. The van der Waals surface area contributed by atoms with Crippen LogP contribution in [0.2, 0.25) is 0 Å². The Balaban J connectivity index is 1.46. The largest absolute Gasteiger partial charge is 0.336 e. The van der Waals surface area contributed by atoms with E-state index in [1.807, 2.05) is 29.2 Å². The van der Waals surface area contributed by atoms with Crippen molar-refractivity contribution < 1.29 is 13.2 Å². The van der Waals surface area contributed by atoms with Gasteiger partial charge in [-0.15, -0.1) is 0 Å². The monoisotopic (exact) mass is 451 g/mol. The number of fused-ring (bicyclic) bond motifs is 1. The number of amides is 1. The number of nitrogens with one attached hydrogen (secondary N) is 1. The molecule has 0 unspecified atom stereocenters. The van der Waals surface area contributed by atoms with Gasteiger partial charge >= 0.3 is 0 Å². The molecule has 1 amide bonds. The highest BCUT2D eigenvalue weighted by Crippen LogP contribution is 2.22. The van der Waals surface area contributed by atoms with Crippen LogP contribution in [-0.2, 0) is 10.0 Å². The van der Waals surface area contributed by atoms with Gasteiger partial charge in [0, 0.05) is 37.4 Å². The van der Waals surface area contributed by atoms with E-state index in [1.54, 1.807) is 42.5 Å². The van der Waals surface area contributed by atoms with E-state index >= 15 is 0 Å². The number of sulfonamides is 1. The fourth-order valence-corrected chi connectivity index (χ4v) is 5.09. The van der Waals surface area contributed by atoms with Crippen LogP contribution in [0.4, 0.5) is 5.69 Å². The van der Waals surface area contributed by atoms with Crippen LogP contribution in [0.5, 0.6) is 0 Å². The van der Waals surface area contributed by atoms with E-state index in [2.05, 4.69) is 16.5 Å². The minimum absolute atomic E-state index is 0.0631. The lowest BCUT2D eigenvalue weighted by Gasteiger charge is -2.34. The van der Waals surface area contributed by atoms with Crippen molar-refractivity contribution in [2.45, 2.75) is 24.7 Å². The average molecular weight is 452 g/mol. The van der Waals surface area contributed by atoms with Crippen LogP contribution in [0.1, 0.15) is 30.1 Å². The molecule has 1 aliphatic heterocycles. The van der Waals surface area contributed by atoms with E-state index in [0.29, 0.717) is 24.3 Å². The second-order valence-corrected chi connectivity index (χ2v) is 9.87. The fraction of sp³-hybridized carbons (Fsp3) is 0.320. The van der Waals surface area contributed by atoms with E-state index in [-0.39, 0.29) is 10.8 Å². The van der Waals surface area contributed by atoms with Crippen molar-refractivity contribution in [1.82, 2.24) is 9.80 Å². The van der Waals surface area contributed by atoms with Gasteiger partial charge in [-0.2, -0.15) is 0 Å². The zero-order valence-electron chi connectivity index (χ0n) is 18.3. The van der Waals surface area contributed by atoms with Crippen molar-refractivity contribution in [3.63, 3.8) is 0 Å². The molecule has 0 bridgehead atoms. The third-order valence-corrected chi connectivity index (χ3v) is 7.26. The van der Waals surface area contributed by atoms with Crippen molar-refractivity contribution in [3.8, 4) is 0 Å². The first kappa shape index (κ1) is 22.3. The van der Waals surface area contributed by atoms with Crippen molar-refractivity contribution in [1.29, 1.82) is 0 Å². The van der Waals surface area contributed by atoms with Gasteiger partial charge in [-0.3, -0.25) is 14.4 Å². The summed E-state index contributed by atoms with van der Waals surface area (Å²) in [6.07, 6.45) is 2.34. The molecule has 1 fully saturated rings. The molecule has 168 valence electrons. The molecule has 0 spiro atoms. The van der Waals surface area contributed by atoms with Crippen LogP contribution in [0.3, 0.4) is 0 Å². The minimum atomic E-state index is -3.77. The second kappa shape index (κ2) is 9.71. The maximum atomic E-state index is 13.0. The first-order valence-electron chi connectivity index (χ1n) is 11.1. The number of carbonyl (C=O) groups excluding carboxylic acids is 1. The number of benzene rings is 3. The van der Waals surface area contributed by atoms with Gasteiger partial charge in [-0.05, 0) is 54.1 Å². The second-order valence-electron chi connectivity index (χ2n) is 8.18. The topological polar surface area (TPSA) is 69.7 Å². The van der Waals surface area contributed by atoms with Gasteiger partial charge in [0.25, 0.3) is 15.9 Å². The maximum absolute atomic E-state index is 13.0. The molecule has 6 nitrogen and oxygen atoms in total. The Bertz CT molecular complexity index is 1200. The Labute approximate surface area is 189 Å². The van der Waals surface area contributed by atoms with Crippen molar-refractivity contribution in [2.24, 2.45) is 0 Å². The predicted octanol–water partition coefficient (Wildman–Crippen LogP) is 4.20. The first-order valence-corrected chi connectivity index (χ1v) is 12.6. The number of anilines is 1. The van der Waals surface area contributed by atoms with Crippen LogP contribution < -0.4 is 4.72 Å². The molecule has 0 atom stereocenters. The van der Waals surface area contributed by atoms with Gasteiger partial charge in [-0.25, -0.2) is 8.42 Å². The lowest BCUT2D eigenvalue weighted by atomic mass is 10.1. The van der Waals surface area contributed by atoms with Crippen LogP contribution in [0, 0.1) is 0 Å². The number of hydrogen-bond donors (Lipinski definition) is 1. The molecule has 1 heterocycles. The van der Waals surface area contributed by atoms with Gasteiger partial charge in [0.1, 0.15) is 0 Å².